The van der Waals surface area contributed by atoms with Gasteiger partial charge in [-0.1, -0.05) is 36.4 Å². The number of fused-ring (bicyclic) bond motifs is 1. The summed E-state index contributed by atoms with van der Waals surface area (Å²) in [5, 5.41) is 4.46. The topological polar surface area (TPSA) is 65.2 Å². The zero-order chi connectivity index (χ0) is 18.1. The Morgan fingerprint density at radius 3 is 2.73 bits per heavy atom. The second-order valence-corrected chi connectivity index (χ2v) is 6.67. The summed E-state index contributed by atoms with van der Waals surface area (Å²) < 4.78 is 0. The molecule has 0 aliphatic carbocycles. The first-order valence-corrected chi connectivity index (χ1v) is 8.86. The third-order valence-electron chi connectivity index (χ3n) is 4.96. The van der Waals surface area contributed by atoms with Gasteiger partial charge >= 0.3 is 0 Å². The molecule has 0 bridgehead atoms. The van der Waals surface area contributed by atoms with E-state index in [0.29, 0.717) is 12.2 Å². The van der Waals surface area contributed by atoms with Crippen molar-refractivity contribution < 1.29 is 9.59 Å². The Labute approximate surface area is 152 Å². The Balaban J connectivity index is 1.42. The van der Waals surface area contributed by atoms with Crippen LogP contribution >= 0.6 is 0 Å². The first kappa shape index (κ1) is 16.5. The molecule has 1 aliphatic rings. The van der Waals surface area contributed by atoms with Gasteiger partial charge in [0.1, 0.15) is 0 Å². The Hall–Kier alpha value is -2.92. The lowest BCUT2D eigenvalue weighted by Gasteiger charge is -2.17. The number of nitrogens with one attached hydrogen (secondary N) is 2. The molecule has 1 fully saturated rings. The highest BCUT2D eigenvalue weighted by atomic mass is 16.2. The molecule has 5 nitrogen and oxygen atoms in total. The average molecular weight is 347 g/mol. The molecule has 1 aliphatic heterocycles. The molecule has 0 saturated carbocycles. The molecule has 26 heavy (non-hydrogen) atoms. The number of benzene rings is 2. The predicted octanol–water partition coefficient (Wildman–Crippen LogP) is 2.94. The van der Waals surface area contributed by atoms with Gasteiger partial charge in [0.25, 0.3) is 5.91 Å². The van der Waals surface area contributed by atoms with E-state index in [1.165, 1.54) is 15.8 Å². The van der Waals surface area contributed by atoms with Crippen LogP contribution in [0.15, 0.2) is 54.7 Å². The number of carbonyl (C=O) groups is 2. The molecular weight excluding hydrogens is 326 g/mol. The molecule has 2 heterocycles. The second-order valence-electron chi connectivity index (χ2n) is 6.67. The van der Waals surface area contributed by atoms with Crippen LogP contribution < -0.4 is 10.2 Å². The van der Waals surface area contributed by atoms with E-state index in [9.17, 15) is 9.59 Å². The molecule has 5 heteroatoms. The van der Waals surface area contributed by atoms with Crippen LogP contribution in [0.25, 0.3) is 10.9 Å². The monoisotopic (exact) mass is 347 g/mol. The zero-order valence-electron chi connectivity index (χ0n) is 14.7. The molecule has 2 amide bonds. The van der Waals surface area contributed by atoms with Crippen LogP contribution in [0.1, 0.15) is 17.5 Å². The summed E-state index contributed by atoms with van der Waals surface area (Å²) >= 11 is 0. The maximum Gasteiger partial charge on any atom is 0.251 e. The Morgan fingerprint density at radius 1 is 1.12 bits per heavy atom. The molecule has 2 N–H and O–H groups in total. The molecule has 0 spiro atoms. The number of para-hydroxylation sites is 2. The molecular formula is C21H21N3O2. The minimum atomic E-state index is -0.452. The number of aromatic amines is 1. The normalized spacial score (nSPS) is 17.4. The minimum Gasteiger partial charge on any atom is -0.361 e. The number of aryl methyl sites for hydroxylation is 1. The highest BCUT2D eigenvalue weighted by molar-refractivity contribution is 6.22. The van der Waals surface area contributed by atoms with E-state index in [2.05, 4.69) is 16.4 Å². The number of aromatic nitrogens is 1. The third-order valence-corrected chi connectivity index (χ3v) is 4.96. The third kappa shape index (κ3) is 2.91. The summed E-state index contributed by atoms with van der Waals surface area (Å²) in [7, 11) is 0. The summed E-state index contributed by atoms with van der Waals surface area (Å²) in [4.78, 5) is 29.7. The van der Waals surface area contributed by atoms with Crippen molar-refractivity contribution in [3.05, 3.63) is 65.9 Å². The smallest absolute Gasteiger partial charge is 0.251 e. The maximum absolute atomic E-state index is 12.7. The molecule has 132 valence electrons. The van der Waals surface area contributed by atoms with Gasteiger partial charge in [-0.05, 0) is 36.6 Å². The Bertz CT molecular complexity index is 976. The van der Waals surface area contributed by atoms with Crippen LogP contribution in [0.3, 0.4) is 0 Å². The van der Waals surface area contributed by atoms with Crippen molar-refractivity contribution >= 4 is 28.4 Å². The predicted molar refractivity (Wildman–Crippen MR) is 102 cm³/mol. The van der Waals surface area contributed by atoms with E-state index in [0.717, 1.165) is 17.5 Å². The lowest BCUT2D eigenvalue weighted by atomic mass is 10.1. The molecule has 2 aromatic carbocycles. The van der Waals surface area contributed by atoms with Gasteiger partial charge in [-0.15, -0.1) is 0 Å². The van der Waals surface area contributed by atoms with E-state index in [1.54, 1.807) is 0 Å². The fraction of sp³-hybridized carbons (Fsp3) is 0.238. The number of carbonyl (C=O) groups excluding carboxylic acids is 2. The van der Waals surface area contributed by atoms with Crippen LogP contribution in [-0.4, -0.2) is 29.4 Å². The highest BCUT2D eigenvalue weighted by Crippen LogP contribution is 2.26. The molecule has 4 rings (SSSR count). The van der Waals surface area contributed by atoms with Crippen molar-refractivity contribution in [2.24, 2.45) is 0 Å². The van der Waals surface area contributed by atoms with Gasteiger partial charge in [0.15, 0.2) is 0 Å². The average Bonchev–Trinajstić information content (AvgIpc) is 3.17. The highest BCUT2D eigenvalue weighted by Gasteiger charge is 2.39. The van der Waals surface area contributed by atoms with Crippen molar-refractivity contribution in [1.82, 2.24) is 10.3 Å². The molecule has 1 aromatic heterocycles. The van der Waals surface area contributed by atoms with Gasteiger partial charge in [-0.3, -0.25) is 9.59 Å². The van der Waals surface area contributed by atoms with Crippen LogP contribution in [0.5, 0.6) is 0 Å². The summed E-state index contributed by atoms with van der Waals surface area (Å²) in [6, 6.07) is 15.2. The van der Waals surface area contributed by atoms with Crippen LogP contribution in [0, 0.1) is 6.92 Å². The lowest BCUT2D eigenvalue weighted by Crippen LogP contribution is -2.39. The van der Waals surface area contributed by atoms with Gasteiger partial charge < -0.3 is 10.3 Å². The van der Waals surface area contributed by atoms with E-state index in [-0.39, 0.29) is 18.2 Å². The fourth-order valence-corrected chi connectivity index (χ4v) is 3.58. The summed E-state index contributed by atoms with van der Waals surface area (Å²) in [6.07, 6.45) is 3.01. The Kier molecular flexibility index (Phi) is 4.31. The first-order chi connectivity index (χ1) is 12.6. The Morgan fingerprint density at radius 2 is 1.88 bits per heavy atom. The SMILES string of the molecule is Cc1ccccc1N1C(=O)C[C@@H](NCCc2c[nH]c3ccccc23)C1=O. The number of H-pyrrole nitrogens is 1. The largest absolute Gasteiger partial charge is 0.361 e. The second kappa shape index (κ2) is 6.77. The summed E-state index contributed by atoms with van der Waals surface area (Å²) in [5.41, 5.74) is 3.93. The summed E-state index contributed by atoms with van der Waals surface area (Å²) in [5.74, 6) is -0.308. The van der Waals surface area contributed by atoms with Gasteiger partial charge in [0.05, 0.1) is 18.2 Å². The number of imide groups is 1. The van der Waals surface area contributed by atoms with Gasteiger partial charge in [-0.2, -0.15) is 0 Å². The molecule has 1 atom stereocenters. The standard InChI is InChI=1S/C21H21N3O2/c1-14-6-2-5-9-19(14)24-20(25)12-18(21(24)26)22-11-10-15-13-23-17-8-4-3-7-16(15)17/h2-9,13,18,22-23H,10-12H2,1H3/t18-/m1/s1. The van der Waals surface area contributed by atoms with Crippen LogP contribution in [-0.2, 0) is 16.0 Å². The van der Waals surface area contributed by atoms with E-state index < -0.39 is 6.04 Å². The number of hydrogen-bond acceptors (Lipinski definition) is 3. The lowest BCUT2D eigenvalue weighted by molar-refractivity contribution is -0.121. The quantitative estimate of drug-likeness (QED) is 0.698. The van der Waals surface area contributed by atoms with Crippen molar-refractivity contribution in [3.8, 4) is 0 Å². The van der Waals surface area contributed by atoms with E-state index >= 15 is 0 Å². The van der Waals surface area contributed by atoms with Gasteiger partial charge in [0.2, 0.25) is 5.91 Å². The van der Waals surface area contributed by atoms with Crippen molar-refractivity contribution in [2.75, 3.05) is 11.4 Å². The van der Waals surface area contributed by atoms with Crippen molar-refractivity contribution in [1.29, 1.82) is 0 Å². The number of amides is 2. The van der Waals surface area contributed by atoms with Crippen molar-refractivity contribution in [3.63, 3.8) is 0 Å². The molecule has 3 aromatic rings. The maximum atomic E-state index is 12.7. The first-order valence-electron chi connectivity index (χ1n) is 8.86. The molecule has 0 unspecified atom stereocenters. The van der Waals surface area contributed by atoms with E-state index in [1.807, 2.05) is 55.6 Å². The number of rotatable bonds is 5. The fourth-order valence-electron chi connectivity index (χ4n) is 3.58. The van der Waals surface area contributed by atoms with Gasteiger partial charge in [0, 0.05) is 23.6 Å². The summed E-state index contributed by atoms with van der Waals surface area (Å²) in [6.45, 7) is 2.56. The zero-order valence-corrected chi connectivity index (χ0v) is 14.7. The van der Waals surface area contributed by atoms with Crippen LogP contribution in [0.2, 0.25) is 0 Å². The molecule has 1 saturated heterocycles. The molecule has 0 radical (unpaired) electrons. The number of nitrogens with zero attached hydrogens (tertiary/aromatic N) is 1. The number of hydrogen-bond donors (Lipinski definition) is 2. The number of anilines is 1. The van der Waals surface area contributed by atoms with Gasteiger partial charge in [-0.25, -0.2) is 4.90 Å². The van der Waals surface area contributed by atoms with Crippen LogP contribution in [0.4, 0.5) is 5.69 Å². The minimum absolute atomic E-state index is 0.145. The van der Waals surface area contributed by atoms with E-state index in [4.69, 9.17) is 0 Å². The van der Waals surface area contributed by atoms with Crippen molar-refractivity contribution in [2.45, 2.75) is 25.8 Å².